The van der Waals surface area contributed by atoms with Gasteiger partial charge in [-0.05, 0) is 25.1 Å². The Morgan fingerprint density at radius 1 is 1.23 bits per heavy atom. The van der Waals surface area contributed by atoms with Gasteiger partial charge >= 0.3 is 0 Å². The summed E-state index contributed by atoms with van der Waals surface area (Å²) in [6, 6.07) is 10.3. The number of pyridine rings is 1. The first kappa shape index (κ1) is 16.6. The van der Waals surface area contributed by atoms with Gasteiger partial charge in [0.15, 0.2) is 11.4 Å². The number of benzene rings is 1. The third kappa shape index (κ3) is 3.03. The highest BCUT2D eigenvalue weighted by molar-refractivity contribution is 6.17. The molecule has 0 N–H and O–H groups in total. The van der Waals surface area contributed by atoms with E-state index in [1.807, 2.05) is 29.7 Å². The minimum atomic E-state index is -0.273. The molecule has 0 saturated heterocycles. The van der Waals surface area contributed by atoms with Crippen LogP contribution in [0.4, 0.5) is 4.39 Å². The van der Waals surface area contributed by atoms with Crippen molar-refractivity contribution in [3.05, 3.63) is 65.4 Å². The van der Waals surface area contributed by atoms with Crippen molar-refractivity contribution in [2.45, 2.75) is 19.4 Å². The van der Waals surface area contributed by atoms with E-state index in [0.717, 1.165) is 11.4 Å². The molecule has 1 aromatic carbocycles. The van der Waals surface area contributed by atoms with Crippen LogP contribution < -0.4 is 4.74 Å². The van der Waals surface area contributed by atoms with E-state index < -0.39 is 0 Å². The zero-order valence-corrected chi connectivity index (χ0v) is 13.5. The monoisotopic (exact) mass is 340 g/mol. The molecule has 0 radical (unpaired) electrons. The predicted molar refractivity (Wildman–Crippen MR) is 87.5 cm³/mol. The van der Waals surface area contributed by atoms with Crippen molar-refractivity contribution < 1.29 is 9.13 Å². The third-order valence-electron chi connectivity index (χ3n) is 3.38. The smallest absolute Gasteiger partial charge is 0.180 e. The lowest BCUT2D eigenvalue weighted by atomic mass is 10.2. The van der Waals surface area contributed by atoms with Gasteiger partial charge in [0.1, 0.15) is 12.4 Å². The van der Waals surface area contributed by atoms with Gasteiger partial charge in [0.2, 0.25) is 0 Å². The summed E-state index contributed by atoms with van der Waals surface area (Å²) >= 11 is 5.95. The zero-order valence-electron chi connectivity index (χ0n) is 11.9. The molecule has 0 spiro atoms. The molecule has 6 heteroatoms. The van der Waals surface area contributed by atoms with Crippen LogP contribution in [0.2, 0.25) is 0 Å². The number of fused-ring (bicyclic) bond motifs is 1. The number of ether oxygens (including phenoxy) is 1. The fourth-order valence-electron chi connectivity index (χ4n) is 2.25. The number of rotatable bonds is 4. The Kier molecular flexibility index (Phi) is 5.27. The molecule has 0 bridgehead atoms. The van der Waals surface area contributed by atoms with Crippen LogP contribution in [0.1, 0.15) is 17.0 Å². The number of alkyl halides is 1. The molecule has 3 nitrogen and oxygen atoms in total. The molecule has 0 aliphatic rings. The molecule has 0 aliphatic carbocycles. The van der Waals surface area contributed by atoms with Gasteiger partial charge in [-0.25, -0.2) is 9.37 Å². The first-order chi connectivity index (χ1) is 10.2. The largest absolute Gasteiger partial charge is 0.485 e. The van der Waals surface area contributed by atoms with E-state index in [0.29, 0.717) is 22.8 Å². The van der Waals surface area contributed by atoms with Crippen molar-refractivity contribution in [1.29, 1.82) is 0 Å². The van der Waals surface area contributed by atoms with E-state index >= 15 is 0 Å². The van der Waals surface area contributed by atoms with Crippen LogP contribution in [0.25, 0.3) is 5.65 Å². The van der Waals surface area contributed by atoms with Crippen LogP contribution in [-0.4, -0.2) is 9.38 Å². The van der Waals surface area contributed by atoms with Crippen molar-refractivity contribution in [3.63, 3.8) is 0 Å². The normalized spacial score (nSPS) is 10.5. The summed E-state index contributed by atoms with van der Waals surface area (Å²) in [5.41, 5.74) is 3.01. The predicted octanol–water partition coefficient (Wildman–Crippen LogP) is 4.52. The Bertz CT molecular complexity index is 789. The molecule has 0 unspecified atom stereocenters. The SMILES string of the molecule is Cc1nc2c(OCc3ccccc3F)cccn2c1CCl.Cl. The number of hydrogen-bond acceptors (Lipinski definition) is 2. The minimum absolute atomic E-state index is 0. The molecule has 22 heavy (non-hydrogen) atoms. The van der Waals surface area contributed by atoms with E-state index in [1.165, 1.54) is 6.07 Å². The highest BCUT2D eigenvalue weighted by atomic mass is 35.5. The fourth-order valence-corrected chi connectivity index (χ4v) is 2.57. The van der Waals surface area contributed by atoms with Gasteiger partial charge in [-0.3, -0.25) is 4.40 Å². The van der Waals surface area contributed by atoms with E-state index in [4.69, 9.17) is 16.3 Å². The number of aryl methyl sites for hydroxylation is 1. The number of aromatic nitrogens is 2. The fraction of sp³-hybridized carbons (Fsp3) is 0.188. The second-order valence-electron chi connectivity index (χ2n) is 4.72. The van der Waals surface area contributed by atoms with Crippen molar-refractivity contribution in [3.8, 4) is 5.75 Å². The summed E-state index contributed by atoms with van der Waals surface area (Å²) in [6.45, 7) is 2.07. The zero-order chi connectivity index (χ0) is 14.8. The van der Waals surface area contributed by atoms with E-state index in [1.54, 1.807) is 18.2 Å². The van der Waals surface area contributed by atoms with E-state index in [9.17, 15) is 4.39 Å². The molecule has 0 fully saturated rings. The maximum atomic E-state index is 13.6. The second kappa shape index (κ2) is 6.99. The molecule has 0 aliphatic heterocycles. The summed E-state index contributed by atoms with van der Waals surface area (Å²) in [5.74, 6) is 0.717. The van der Waals surface area contributed by atoms with Crippen LogP contribution in [0.15, 0.2) is 42.6 Å². The Labute approximate surface area is 139 Å². The molecule has 3 rings (SSSR count). The van der Waals surface area contributed by atoms with Crippen LogP contribution >= 0.6 is 24.0 Å². The van der Waals surface area contributed by atoms with Gasteiger partial charge in [0, 0.05) is 11.8 Å². The lowest BCUT2D eigenvalue weighted by Gasteiger charge is -2.08. The van der Waals surface area contributed by atoms with Gasteiger partial charge in [-0.1, -0.05) is 18.2 Å². The Hall–Kier alpha value is -1.78. The molecule has 0 amide bonds. The van der Waals surface area contributed by atoms with Gasteiger partial charge in [0.25, 0.3) is 0 Å². The molecular weight excluding hydrogens is 326 g/mol. The minimum Gasteiger partial charge on any atom is -0.485 e. The standard InChI is InChI=1S/C16H14ClFN2O.ClH/c1-11-14(9-17)20-8-4-7-15(16(20)19-11)21-10-12-5-2-3-6-13(12)18;/h2-8H,9-10H2,1H3;1H. The lowest BCUT2D eigenvalue weighted by molar-refractivity contribution is 0.301. The Balaban J connectivity index is 0.00000176. The topological polar surface area (TPSA) is 26.5 Å². The van der Waals surface area contributed by atoms with Gasteiger partial charge in [-0.15, -0.1) is 24.0 Å². The average Bonchev–Trinajstić information content (AvgIpc) is 2.82. The van der Waals surface area contributed by atoms with Gasteiger partial charge in [0.05, 0.1) is 17.3 Å². The number of hydrogen-bond donors (Lipinski definition) is 0. The van der Waals surface area contributed by atoms with Crippen molar-refractivity contribution in [2.75, 3.05) is 0 Å². The molecule has 0 saturated carbocycles. The number of halogens is 3. The molecule has 2 heterocycles. The number of imidazole rings is 1. The average molecular weight is 341 g/mol. The summed E-state index contributed by atoms with van der Waals surface area (Å²) in [7, 11) is 0. The maximum Gasteiger partial charge on any atom is 0.180 e. The first-order valence-electron chi connectivity index (χ1n) is 6.59. The summed E-state index contributed by atoms with van der Waals surface area (Å²) in [5, 5.41) is 0. The van der Waals surface area contributed by atoms with Crippen molar-refractivity contribution in [2.24, 2.45) is 0 Å². The van der Waals surface area contributed by atoms with Crippen LogP contribution in [-0.2, 0) is 12.5 Å². The van der Waals surface area contributed by atoms with Crippen LogP contribution in [0.5, 0.6) is 5.75 Å². The van der Waals surface area contributed by atoms with Crippen molar-refractivity contribution >= 4 is 29.7 Å². The van der Waals surface area contributed by atoms with Crippen molar-refractivity contribution in [1.82, 2.24) is 9.38 Å². The quantitative estimate of drug-likeness (QED) is 0.652. The second-order valence-corrected chi connectivity index (χ2v) is 4.99. The highest BCUT2D eigenvalue weighted by Gasteiger charge is 2.12. The summed E-state index contributed by atoms with van der Waals surface area (Å²) < 4.78 is 21.2. The lowest BCUT2D eigenvalue weighted by Crippen LogP contribution is -2.00. The molecule has 3 aromatic rings. The van der Waals surface area contributed by atoms with Gasteiger partial charge in [-0.2, -0.15) is 0 Å². The Morgan fingerprint density at radius 2 is 2.00 bits per heavy atom. The van der Waals surface area contributed by atoms with E-state index in [2.05, 4.69) is 4.98 Å². The van der Waals surface area contributed by atoms with Crippen LogP contribution in [0.3, 0.4) is 0 Å². The maximum absolute atomic E-state index is 13.6. The molecule has 2 aromatic heterocycles. The third-order valence-corrected chi connectivity index (χ3v) is 3.63. The molecular formula is C16H15Cl2FN2O. The summed E-state index contributed by atoms with van der Waals surface area (Å²) in [4.78, 5) is 4.48. The van der Waals surface area contributed by atoms with Crippen LogP contribution in [0, 0.1) is 12.7 Å². The van der Waals surface area contributed by atoms with E-state index in [-0.39, 0.29) is 24.8 Å². The first-order valence-corrected chi connectivity index (χ1v) is 7.13. The highest BCUT2D eigenvalue weighted by Crippen LogP contribution is 2.24. The Morgan fingerprint density at radius 3 is 2.73 bits per heavy atom. The number of nitrogens with zero attached hydrogens (tertiary/aromatic N) is 2. The van der Waals surface area contributed by atoms with Gasteiger partial charge < -0.3 is 4.74 Å². The summed E-state index contributed by atoms with van der Waals surface area (Å²) in [6.07, 6.45) is 1.89. The molecule has 116 valence electrons. The molecule has 0 atom stereocenters.